The third-order valence-corrected chi connectivity index (χ3v) is 4.50. The van der Waals surface area contributed by atoms with Crippen LogP contribution in [0.1, 0.15) is 72.6 Å². The molecule has 3 nitrogen and oxygen atoms in total. The maximum Gasteiger partial charge on any atom is 0.336 e. The fourth-order valence-electron chi connectivity index (χ4n) is 3.15. The average molecular weight is 339 g/mol. The van der Waals surface area contributed by atoms with Crippen LogP contribution >= 0.6 is 0 Å². The van der Waals surface area contributed by atoms with E-state index in [-0.39, 0.29) is 6.04 Å². The van der Waals surface area contributed by atoms with Crippen LogP contribution in [-0.2, 0) is 13.0 Å². The van der Waals surface area contributed by atoms with Gasteiger partial charge in [0.15, 0.2) is 0 Å². The van der Waals surface area contributed by atoms with Crippen molar-refractivity contribution in [3.05, 3.63) is 70.8 Å². The summed E-state index contributed by atoms with van der Waals surface area (Å²) in [5.74, 6) is -0.846. The maximum atomic E-state index is 11.7. The Bertz CT molecular complexity index is 667. The Morgan fingerprint density at radius 3 is 2.44 bits per heavy atom. The third-order valence-electron chi connectivity index (χ3n) is 4.50. The van der Waals surface area contributed by atoms with Gasteiger partial charge in [0.2, 0.25) is 0 Å². The normalized spacial score (nSPS) is 12.1. The van der Waals surface area contributed by atoms with E-state index in [2.05, 4.69) is 37.4 Å². The van der Waals surface area contributed by atoms with Crippen LogP contribution in [0.3, 0.4) is 0 Å². The number of rotatable bonds is 10. The zero-order valence-corrected chi connectivity index (χ0v) is 15.3. The van der Waals surface area contributed by atoms with E-state index in [1.807, 2.05) is 24.3 Å². The lowest BCUT2D eigenvalue weighted by Gasteiger charge is -2.22. The Labute approximate surface area is 151 Å². The van der Waals surface area contributed by atoms with Crippen LogP contribution in [0.5, 0.6) is 0 Å². The molecule has 0 spiro atoms. The molecule has 0 saturated heterocycles. The van der Waals surface area contributed by atoms with Crippen molar-refractivity contribution < 1.29 is 9.90 Å². The summed E-state index contributed by atoms with van der Waals surface area (Å²) in [5.41, 5.74) is 3.76. The molecule has 2 N–H and O–H groups in total. The number of aryl methyl sites for hydroxylation is 1. The van der Waals surface area contributed by atoms with Crippen LogP contribution < -0.4 is 5.32 Å². The monoisotopic (exact) mass is 339 g/mol. The average Bonchev–Trinajstić information content (AvgIpc) is 2.63. The Balaban J connectivity index is 2.27. The number of benzene rings is 2. The quantitative estimate of drug-likeness (QED) is 0.613. The van der Waals surface area contributed by atoms with Gasteiger partial charge in [0.25, 0.3) is 0 Å². The minimum Gasteiger partial charge on any atom is -0.478 e. The van der Waals surface area contributed by atoms with Crippen molar-refractivity contribution in [2.24, 2.45) is 0 Å². The molecule has 0 aliphatic carbocycles. The van der Waals surface area contributed by atoms with E-state index in [9.17, 15) is 9.90 Å². The minimum absolute atomic E-state index is 0.0584. The zero-order chi connectivity index (χ0) is 18.1. The molecule has 0 heterocycles. The molecule has 0 amide bonds. The van der Waals surface area contributed by atoms with E-state index < -0.39 is 5.97 Å². The van der Waals surface area contributed by atoms with Crippen LogP contribution in [0.4, 0.5) is 0 Å². The van der Waals surface area contributed by atoms with E-state index in [1.165, 1.54) is 11.1 Å². The number of unbranched alkanes of at least 4 members (excludes halogenated alkanes) is 1. The molecule has 0 aromatic heterocycles. The molecular formula is C22H29NO2. The lowest BCUT2D eigenvalue weighted by atomic mass is 9.93. The van der Waals surface area contributed by atoms with Gasteiger partial charge in [-0.05, 0) is 35.6 Å². The summed E-state index contributed by atoms with van der Waals surface area (Å²) < 4.78 is 0. The summed E-state index contributed by atoms with van der Waals surface area (Å²) in [4.78, 5) is 11.7. The van der Waals surface area contributed by atoms with Crippen molar-refractivity contribution in [2.45, 2.75) is 58.5 Å². The molecular weight excluding hydrogens is 310 g/mol. The van der Waals surface area contributed by atoms with Gasteiger partial charge in [0.05, 0.1) is 5.56 Å². The van der Waals surface area contributed by atoms with Crippen LogP contribution in [-0.4, -0.2) is 11.1 Å². The number of aromatic carboxylic acids is 1. The molecule has 3 heteroatoms. The highest BCUT2D eigenvalue weighted by molar-refractivity contribution is 5.89. The highest BCUT2D eigenvalue weighted by atomic mass is 16.4. The molecule has 2 aromatic carbocycles. The number of carboxylic acid groups (broad SMARTS) is 1. The van der Waals surface area contributed by atoms with Crippen molar-refractivity contribution in [3.8, 4) is 0 Å². The van der Waals surface area contributed by atoms with Crippen molar-refractivity contribution >= 4 is 5.97 Å². The van der Waals surface area contributed by atoms with E-state index in [1.54, 1.807) is 6.07 Å². The van der Waals surface area contributed by atoms with E-state index in [0.29, 0.717) is 5.56 Å². The van der Waals surface area contributed by atoms with Crippen molar-refractivity contribution in [2.75, 3.05) is 0 Å². The number of carbonyl (C=O) groups is 1. The second-order valence-electron chi connectivity index (χ2n) is 6.54. The van der Waals surface area contributed by atoms with Gasteiger partial charge in [0, 0.05) is 12.6 Å². The SMILES string of the molecule is CCCCC(NCc1ccccc1)c1cc(CCC)ccc1C(=O)O. The molecule has 134 valence electrons. The van der Waals surface area contributed by atoms with Gasteiger partial charge in [-0.15, -0.1) is 0 Å². The van der Waals surface area contributed by atoms with Crippen LogP contribution in [0.25, 0.3) is 0 Å². The summed E-state index contributed by atoms with van der Waals surface area (Å²) in [7, 11) is 0. The molecule has 0 aliphatic heterocycles. The third kappa shape index (κ3) is 5.71. The predicted octanol–water partition coefficient (Wildman–Crippen LogP) is 5.36. The van der Waals surface area contributed by atoms with Gasteiger partial charge in [-0.25, -0.2) is 4.79 Å². The Kier molecular flexibility index (Phi) is 7.68. The summed E-state index contributed by atoms with van der Waals surface area (Å²) in [6.45, 7) is 5.05. The van der Waals surface area contributed by atoms with E-state index in [0.717, 1.165) is 44.2 Å². The van der Waals surface area contributed by atoms with Crippen molar-refractivity contribution in [1.29, 1.82) is 0 Å². The fraction of sp³-hybridized carbons (Fsp3) is 0.409. The largest absolute Gasteiger partial charge is 0.478 e. The lowest BCUT2D eigenvalue weighted by molar-refractivity contribution is 0.0694. The van der Waals surface area contributed by atoms with Gasteiger partial charge < -0.3 is 10.4 Å². The Morgan fingerprint density at radius 1 is 1.04 bits per heavy atom. The second kappa shape index (κ2) is 10.00. The molecule has 2 aromatic rings. The Morgan fingerprint density at radius 2 is 1.80 bits per heavy atom. The highest BCUT2D eigenvalue weighted by Crippen LogP contribution is 2.26. The summed E-state index contributed by atoms with van der Waals surface area (Å²) in [6, 6.07) is 16.1. The molecule has 0 radical (unpaired) electrons. The van der Waals surface area contributed by atoms with Gasteiger partial charge in [-0.2, -0.15) is 0 Å². The molecule has 0 saturated carbocycles. The molecule has 0 bridgehead atoms. The molecule has 0 fully saturated rings. The van der Waals surface area contributed by atoms with Gasteiger partial charge in [-0.3, -0.25) is 0 Å². The van der Waals surface area contributed by atoms with E-state index in [4.69, 9.17) is 0 Å². The van der Waals surface area contributed by atoms with Crippen LogP contribution in [0, 0.1) is 0 Å². The first-order chi connectivity index (χ1) is 12.2. The number of hydrogen-bond donors (Lipinski definition) is 2. The second-order valence-corrected chi connectivity index (χ2v) is 6.54. The molecule has 1 unspecified atom stereocenters. The van der Waals surface area contributed by atoms with Gasteiger partial charge in [0.1, 0.15) is 0 Å². The first-order valence-corrected chi connectivity index (χ1v) is 9.29. The number of nitrogens with one attached hydrogen (secondary N) is 1. The summed E-state index contributed by atoms with van der Waals surface area (Å²) >= 11 is 0. The van der Waals surface area contributed by atoms with Crippen molar-refractivity contribution in [3.63, 3.8) is 0 Å². The summed E-state index contributed by atoms with van der Waals surface area (Å²) in [5, 5.41) is 13.2. The van der Waals surface area contributed by atoms with Crippen LogP contribution in [0.15, 0.2) is 48.5 Å². The zero-order valence-electron chi connectivity index (χ0n) is 15.3. The Hall–Kier alpha value is -2.13. The molecule has 2 rings (SSSR count). The standard InChI is InChI=1S/C22H29NO2/c1-3-5-12-21(23-16-18-10-7-6-8-11-18)20-15-17(9-4-2)13-14-19(20)22(24)25/h6-8,10-11,13-15,21,23H,3-5,9,12,16H2,1-2H3,(H,24,25). The fourth-order valence-corrected chi connectivity index (χ4v) is 3.15. The maximum absolute atomic E-state index is 11.7. The lowest BCUT2D eigenvalue weighted by Crippen LogP contribution is -2.23. The number of carboxylic acids is 1. The molecule has 0 aliphatic rings. The van der Waals surface area contributed by atoms with Gasteiger partial charge >= 0.3 is 5.97 Å². The number of hydrogen-bond acceptors (Lipinski definition) is 2. The minimum atomic E-state index is -0.846. The summed E-state index contributed by atoms with van der Waals surface area (Å²) in [6.07, 6.45) is 5.15. The van der Waals surface area contributed by atoms with Crippen molar-refractivity contribution in [1.82, 2.24) is 5.32 Å². The first kappa shape index (κ1) is 19.2. The first-order valence-electron chi connectivity index (χ1n) is 9.29. The molecule has 1 atom stereocenters. The topological polar surface area (TPSA) is 49.3 Å². The van der Waals surface area contributed by atoms with Crippen LogP contribution in [0.2, 0.25) is 0 Å². The smallest absolute Gasteiger partial charge is 0.336 e. The van der Waals surface area contributed by atoms with Gasteiger partial charge in [-0.1, -0.05) is 75.6 Å². The predicted molar refractivity (Wildman–Crippen MR) is 103 cm³/mol. The van der Waals surface area contributed by atoms with E-state index >= 15 is 0 Å². The highest BCUT2D eigenvalue weighted by Gasteiger charge is 2.19. The molecule has 25 heavy (non-hydrogen) atoms.